The fraction of sp³-hybridized carbons (Fsp3) is 0.261. The van der Waals surface area contributed by atoms with Gasteiger partial charge in [-0.15, -0.1) is 0 Å². The molecular formula is C23H26ClN3O3S. The van der Waals surface area contributed by atoms with Crippen molar-refractivity contribution in [2.45, 2.75) is 43.6 Å². The van der Waals surface area contributed by atoms with E-state index < -0.39 is 9.84 Å². The summed E-state index contributed by atoms with van der Waals surface area (Å²) in [5.41, 5.74) is 4.12. The number of fused-ring (bicyclic) bond motifs is 1. The summed E-state index contributed by atoms with van der Waals surface area (Å²) < 4.78 is 25.7. The van der Waals surface area contributed by atoms with Crippen molar-refractivity contribution in [1.82, 2.24) is 10.6 Å². The molecule has 0 aromatic heterocycles. The van der Waals surface area contributed by atoms with Crippen LogP contribution in [0, 0.1) is 0 Å². The first-order valence-electron chi connectivity index (χ1n) is 9.93. The lowest BCUT2D eigenvalue weighted by molar-refractivity contribution is 0.250. The highest BCUT2D eigenvalue weighted by molar-refractivity contribution is 7.90. The Hall–Kier alpha value is -2.61. The summed E-state index contributed by atoms with van der Waals surface area (Å²) in [6, 6.07) is 9.15. The van der Waals surface area contributed by atoms with Gasteiger partial charge in [-0.25, -0.2) is 13.2 Å². The van der Waals surface area contributed by atoms with Gasteiger partial charge in [0.2, 0.25) is 0 Å². The average molecular weight is 460 g/mol. The molecule has 2 aromatic rings. The van der Waals surface area contributed by atoms with Gasteiger partial charge in [0.05, 0.1) is 16.7 Å². The smallest absolute Gasteiger partial charge is 0.319 e. The van der Waals surface area contributed by atoms with Gasteiger partial charge in [0.15, 0.2) is 9.84 Å². The zero-order valence-corrected chi connectivity index (χ0v) is 19.1. The number of anilines is 1. The van der Waals surface area contributed by atoms with Crippen molar-refractivity contribution >= 4 is 33.2 Å². The predicted octanol–water partition coefficient (Wildman–Crippen LogP) is 4.56. The zero-order chi connectivity index (χ0) is 22.6. The van der Waals surface area contributed by atoms with Crippen LogP contribution < -0.4 is 16.0 Å². The Kier molecular flexibility index (Phi) is 7.20. The third-order valence-corrected chi connectivity index (χ3v) is 7.25. The average Bonchev–Trinajstić information content (AvgIpc) is 3.18. The van der Waals surface area contributed by atoms with Crippen molar-refractivity contribution < 1.29 is 13.2 Å². The number of halogens is 1. The molecule has 8 heteroatoms. The van der Waals surface area contributed by atoms with E-state index in [2.05, 4.69) is 22.5 Å². The highest BCUT2D eigenvalue weighted by Crippen LogP contribution is 2.28. The maximum Gasteiger partial charge on any atom is 0.319 e. The normalized spacial score (nSPS) is 14.6. The van der Waals surface area contributed by atoms with Crippen LogP contribution in [-0.2, 0) is 28.7 Å². The molecule has 164 valence electrons. The monoisotopic (exact) mass is 459 g/mol. The minimum absolute atomic E-state index is 0.140. The third-order valence-electron chi connectivity index (χ3n) is 5.21. The number of rotatable bonds is 7. The molecule has 3 rings (SSSR count). The first kappa shape index (κ1) is 23.1. The van der Waals surface area contributed by atoms with Gasteiger partial charge in [-0.2, -0.15) is 0 Å². The largest absolute Gasteiger partial charge is 0.331 e. The van der Waals surface area contributed by atoms with Crippen molar-refractivity contribution in [3.8, 4) is 0 Å². The van der Waals surface area contributed by atoms with E-state index in [9.17, 15) is 13.2 Å². The number of urea groups is 1. The Morgan fingerprint density at radius 1 is 1.26 bits per heavy atom. The minimum Gasteiger partial charge on any atom is -0.331 e. The highest BCUT2D eigenvalue weighted by Gasteiger charge is 2.20. The summed E-state index contributed by atoms with van der Waals surface area (Å²) in [5, 5.41) is 9.32. The van der Waals surface area contributed by atoms with Gasteiger partial charge < -0.3 is 16.0 Å². The summed E-state index contributed by atoms with van der Waals surface area (Å²) in [6.07, 6.45) is 3.57. The van der Waals surface area contributed by atoms with Crippen LogP contribution in [0.4, 0.5) is 10.5 Å². The van der Waals surface area contributed by atoms with E-state index in [1.807, 2.05) is 26.0 Å². The number of benzene rings is 2. The van der Waals surface area contributed by atoms with E-state index in [0.717, 1.165) is 16.7 Å². The first-order valence-corrected chi connectivity index (χ1v) is 12.0. The molecule has 0 saturated heterocycles. The van der Waals surface area contributed by atoms with Gasteiger partial charge in [-0.05, 0) is 66.4 Å². The van der Waals surface area contributed by atoms with Gasteiger partial charge in [0, 0.05) is 23.8 Å². The van der Waals surface area contributed by atoms with Crippen LogP contribution in [0.5, 0.6) is 0 Å². The highest BCUT2D eigenvalue weighted by atomic mass is 35.5. The van der Waals surface area contributed by atoms with Gasteiger partial charge in [-0.1, -0.05) is 36.4 Å². The van der Waals surface area contributed by atoms with Crippen LogP contribution in [0.1, 0.15) is 30.5 Å². The molecule has 6 nitrogen and oxygen atoms in total. The van der Waals surface area contributed by atoms with Crippen LogP contribution in [-0.4, -0.2) is 20.5 Å². The summed E-state index contributed by atoms with van der Waals surface area (Å²) in [6.45, 7) is 8.84. The van der Waals surface area contributed by atoms with Crippen molar-refractivity contribution in [3.05, 3.63) is 82.4 Å². The summed E-state index contributed by atoms with van der Waals surface area (Å²) in [7, 11) is -3.56. The SMILES string of the molecule is C=C/C(=C\C)C(C)NC(=O)Nc1ccc(S(=O)(=O)Cc2cc(Cl)c3c(c2)CNC3)cc1. The molecule has 1 unspecified atom stereocenters. The molecule has 0 saturated carbocycles. The van der Waals surface area contributed by atoms with Crippen molar-refractivity contribution in [1.29, 1.82) is 0 Å². The van der Waals surface area contributed by atoms with Gasteiger partial charge in [-0.3, -0.25) is 0 Å². The van der Waals surface area contributed by atoms with Crippen molar-refractivity contribution in [3.63, 3.8) is 0 Å². The zero-order valence-electron chi connectivity index (χ0n) is 17.5. The maximum absolute atomic E-state index is 12.9. The molecule has 3 N–H and O–H groups in total. The fourth-order valence-electron chi connectivity index (χ4n) is 3.56. The standard InChI is InChI=1S/C23H26ClN3O3S/c1-4-17(5-2)15(3)26-23(28)27-19-6-8-20(9-7-19)31(29,30)14-16-10-18-12-25-13-21(18)22(24)11-16/h4-11,15,25H,1,12-14H2,2-3H3,(H2,26,27,28)/b17-5+. The summed E-state index contributed by atoms with van der Waals surface area (Å²) >= 11 is 6.30. The van der Waals surface area contributed by atoms with E-state index in [0.29, 0.717) is 29.4 Å². The molecule has 0 aliphatic carbocycles. The number of nitrogens with one attached hydrogen (secondary N) is 3. The van der Waals surface area contributed by atoms with E-state index in [1.54, 1.807) is 24.3 Å². The fourth-order valence-corrected chi connectivity index (χ4v) is 5.21. The Labute approximate surface area is 188 Å². The van der Waals surface area contributed by atoms with E-state index in [4.69, 9.17) is 11.6 Å². The molecule has 0 bridgehead atoms. The lowest BCUT2D eigenvalue weighted by Crippen LogP contribution is -2.36. The molecule has 1 aliphatic heterocycles. The lowest BCUT2D eigenvalue weighted by atomic mass is 10.1. The molecule has 1 atom stereocenters. The number of hydrogen-bond donors (Lipinski definition) is 3. The van der Waals surface area contributed by atoms with Crippen LogP contribution in [0.15, 0.2) is 65.6 Å². The molecule has 2 aromatic carbocycles. The number of amides is 2. The first-order chi connectivity index (χ1) is 14.7. The number of carbonyl (C=O) groups is 1. The second-order valence-corrected chi connectivity index (χ2v) is 9.81. The lowest BCUT2D eigenvalue weighted by Gasteiger charge is -2.15. The predicted molar refractivity (Wildman–Crippen MR) is 125 cm³/mol. The van der Waals surface area contributed by atoms with Crippen molar-refractivity contribution in [2.75, 3.05) is 5.32 Å². The van der Waals surface area contributed by atoms with Crippen LogP contribution >= 0.6 is 11.6 Å². The second-order valence-electron chi connectivity index (χ2n) is 7.42. The van der Waals surface area contributed by atoms with Crippen LogP contribution in [0.2, 0.25) is 5.02 Å². The molecule has 1 heterocycles. The quantitative estimate of drug-likeness (QED) is 0.529. The van der Waals surface area contributed by atoms with E-state index in [-0.39, 0.29) is 22.7 Å². The van der Waals surface area contributed by atoms with Gasteiger partial charge in [0.25, 0.3) is 0 Å². The van der Waals surface area contributed by atoms with Crippen LogP contribution in [0.3, 0.4) is 0 Å². The maximum atomic E-state index is 12.9. The Bertz CT molecular complexity index is 1130. The molecule has 0 fully saturated rings. The number of sulfone groups is 1. The van der Waals surface area contributed by atoms with E-state index in [1.165, 1.54) is 12.1 Å². The Balaban J connectivity index is 1.67. The minimum atomic E-state index is -3.56. The molecule has 1 aliphatic rings. The number of allylic oxidation sites excluding steroid dienone is 1. The van der Waals surface area contributed by atoms with Gasteiger partial charge >= 0.3 is 6.03 Å². The molecule has 2 amide bonds. The van der Waals surface area contributed by atoms with Crippen molar-refractivity contribution in [2.24, 2.45) is 0 Å². The van der Waals surface area contributed by atoms with Crippen LogP contribution in [0.25, 0.3) is 0 Å². The Morgan fingerprint density at radius 2 is 1.97 bits per heavy atom. The molecular weight excluding hydrogens is 434 g/mol. The number of hydrogen-bond acceptors (Lipinski definition) is 4. The van der Waals surface area contributed by atoms with Gasteiger partial charge in [0.1, 0.15) is 0 Å². The second kappa shape index (κ2) is 9.68. The molecule has 31 heavy (non-hydrogen) atoms. The molecule has 0 radical (unpaired) electrons. The Morgan fingerprint density at radius 3 is 2.61 bits per heavy atom. The molecule has 0 spiro atoms. The summed E-state index contributed by atoms with van der Waals surface area (Å²) in [4.78, 5) is 12.4. The number of carbonyl (C=O) groups excluding carboxylic acids is 1. The van der Waals surface area contributed by atoms with E-state index >= 15 is 0 Å². The third kappa shape index (κ3) is 5.55. The topological polar surface area (TPSA) is 87.3 Å². The summed E-state index contributed by atoms with van der Waals surface area (Å²) in [5.74, 6) is -0.140.